The summed E-state index contributed by atoms with van der Waals surface area (Å²) in [5, 5.41) is 10.6. The van der Waals surface area contributed by atoms with Crippen LogP contribution in [0.1, 0.15) is 5.56 Å². The van der Waals surface area contributed by atoms with Gasteiger partial charge >= 0.3 is 0 Å². The first-order valence-electron chi connectivity index (χ1n) is 4.43. The van der Waals surface area contributed by atoms with Gasteiger partial charge in [-0.3, -0.25) is 0 Å². The van der Waals surface area contributed by atoms with Crippen molar-refractivity contribution in [2.45, 2.75) is 6.92 Å². The molecular formula is C10H10N4S. The quantitative estimate of drug-likeness (QED) is 0.619. The van der Waals surface area contributed by atoms with Crippen molar-refractivity contribution in [1.82, 2.24) is 4.98 Å². The van der Waals surface area contributed by atoms with Crippen LogP contribution in [-0.2, 0) is 0 Å². The molecule has 0 aliphatic rings. The number of aromatic nitrogens is 1. The average molecular weight is 218 g/mol. The molecule has 2 rings (SSSR count). The predicted molar refractivity (Wildman–Crippen MR) is 61.9 cm³/mol. The molecule has 4 nitrogen and oxygen atoms in total. The first-order valence-corrected chi connectivity index (χ1v) is 5.31. The van der Waals surface area contributed by atoms with Crippen molar-refractivity contribution in [1.29, 1.82) is 0 Å². The van der Waals surface area contributed by atoms with Gasteiger partial charge in [0.05, 0.1) is 5.69 Å². The normalized spacial score (nSPS) is 11.0. The van der Waals surface area contributed by atoms with Gasteiger partial charge in [0.1, 0.15) is 0 Å². The number of benzene rings is 1. The highest BCUT2D eigenvalue weighted by molar-refractivity contribution is 7.13. The molecule has 0 atom stereocenters. The highest BCUT2D eigenvalue weighted by atomic mass is 32.1. The second-order valence-electron chi connectivity index (χ2n) is 3.06. The van der Waals surface area contributed by atoms with Crippen LogP contribution in [0.25, 0.3) is 0 Å². The van der Waals surface area contributed by atoms with Gasteiger partial charge in [0.15, 0.2) is 0 Å². The maximum Gasteiger partial charge on any atom is 0.229 e. The van der Waals surface area contributed by atoms with Gasteiger partial charge in [-0.2, -0.15) is 0 Å². The number of rotatable bonds is 2. The highest BCUT2D eigenvalue weighted by Crippen LogP contribution is 2.24. The van der Waals surface area contributed by atoms with Gasteiger partial charge in [-0.25, -0.2) is 4.98 Å². The second kappa shape index (κ2) is 4.18. The molecule has 1 heterocycles. The molecule has 0 fully saturated rings. The molecule has 1 aromatic carbocycles. The molecule has 1 aromatic heterocycles. The summed E-state index contributed by atoms with van der Waals surface area (Å²) >= 11 is 1.45. The number of azo groups is 1. The van der Waals surface area contributed by atoms with Crippen molar-refractivity contribution in [3.05, 3.63) is 35.3 Å². The third-order valence-electron chi connectivity index (χ3n) is 1.88. The Bertz CT molecular complexity index is 476. The minimum Gasteiger partial charge on any atom is -0.399 e. The Morgan fingerprint density at radius 1 is 1.33 bits per heavy atom. The Balaban J connectivity index is 2.24. The maximum atomic E-state index is 5.64. The van der Waals surface area contributed by atoms with Gasteiger partial charge in [-0.05, 0) is 30.7 Å². The molecule has 0 saturated carbocycles. The lowest BCUT2D eigenvalue weighted by molar-refractivity contribution is 1.18. The molecule has 0 saturated heterocycles. The standard InChI is InChI=1S/C10H10N4S/c1-7-6-8(11)2-3-9(7)13-14-10-12-4-5-15-10/h2-6H,11H2,1H3/b14-13+. The van der Waals surface area contributed by atoms with E-state index in [1.807, 2.05) is 30.5 Å². The molecule has 0 spiro atoms. The molecule has 0 radical (unpaired) electrons. The first-order chi connectivity index (χ1) is 7.25. The summed E-state index contributed by atoms with van der Waals surface area (Å²) in [6.45, 7) is 1.95. The minimum absolute atomic E-state index is 0.659. The molecule has 0 bridgehead atoms. The van der Waals surface area contributed by atoms with Crippen LogP contribution >= 0.6 is 11.3 Å². The molecule has 2 aromatic rings. The van der Waals surface area contributed by atoms with Crippen molar-refractivity contribution in [3.63, 3.8) is 0 Å². The van der Waals surface area contributed by atoms with E-state index in [4.69, 9.17) is 5.73 Å². The molecule has 0 unspecified atom stereocenters. The third kappa shape index (κ3) is 2.38. The van der Waals surface area contributed by atoms with E-state index in [-0.39, 0.29) is 0 Å². The maximum absolute atomic E-state index is 5.64. The fraction of sp³-hybridized carbons (Fsp3) is 0.100. The number of aryl methyl sites for hydroxylation is 1. The minimum atomic E-state index is 0.659. The van der Waals surface area contributed by atoms with Gasteiger partial charge in [-0.15, -0.1) is 21.6 Å². The van der Waals surface area contributed by atoms with Gasteiger partial charge < -0.3 is 5.73 Å². The third-order valence-corrected chi connectivity index (χ3v) is 2.54. The van der Waals surface area contributed by atoms with E-state index in [1.165, 1.54) is 11.3 Å². The summed E-state index contributed by atoms with van der Waals surface area (Å²) in [7, 11) is 0. The van der Waals surface area contributed by atoms with E-state index < -0.39 is 0 Å². The Morgan fingerprint density at radius 2 is 2.20 bits per heavy atom. The topological polar surface area (TPSA) is 63.6 Å². The summed E-state index contributed by atoms with van der Waals surface area (Å²) in [5.74, 6) is 0. The zero-order chi connectivity index (χ0) is 10.7. The van der Waals surface area contributed by atoms with Crippen molar-refractivity contribution in [3.8, 4) is 0 Å². The van der Waals surface area contributed by atoms with Gasteiger partial charge in [0, 0.05) is 17.3 Å². The van der Waals surface area contributed by atoms with Crippen LogP contribution in [0.4, 0.5) is 16.5 Å². The molecular weight excluding hydrogens is 208 g/mol. The summed E-state index contributed by atoms with van der Waals surface area (Å²) in [4.78, 5) is 4.01. The van der Waals surface area contributed by atoms with Gasteiger partial charge in [0.2, 0.25) is 5.13 Å². The number of nitrogens with zero attached hydrogens (tertiary/aromatic N) is 3. The summed E-state index contributed by atoms with van der Waals surface area (Å²) in [6.07, 6.45) is 1.70. The van der Waals surface area contributed by atoms with E-state index >= 15 is 0 Å². The average Bonchev–Trinajstić information content (AvgIpc) is 2.69. The fourth-order valence-electron chi connectivity index (χ4n) is 1.15. The molecule has 76 valence electrons. The Morgan fingerprint density at radius 3 is 2.87 bits per heavy atom. The zero-order valence-electron chi connectivity index (χ0n) is 8.21. The predicted octanol–water partition coefficient (Wildman–Crippen LogP) is 3.45. The van der Waals surface area contributed by atoms with Gasteiger partial charge in [0.25, 0.3) is 0 Å². The Labute approximate surface area is 91.5 Å². The molecule has 5 heteroatoms. The second-order valence-corrected chi connectivity index (χ2v) is 3.93. The lowest BCUT2D eigenvalue weighted by atomic mass is 10.2. The van der Waals surface area contributed by atoms with Crippen molar-refractivity contribution in [2.24, 2.45) is 10.2 Å². The lowest BCUT2D eigenvalue weighted by Crippen LogP contribution is -1.84. The smallest absolute Gasteiger partial charge is 0.229 e. The van der Waals surface area contributed by atoms with Crippen LogP contribution in [0.2, 0.25) is 0 Å². The molecule has 0 aliphatic carbocycles. The summed E-state index contributed by atoms with van der Waals surface area (Å²) in [6, 6.07) is 5.53. The van der Waals surface area contributed by atoms with Gasteiger partial charge in [-0.1, -0.05) is 0 Å². The molecule has 2 N–H and O–H groups in total. The van der Waals surface area contributed by atoms with Crippen LogP contribution in [0.15, 0.2) is 40.0 Å². The van der Waals surface area contributed by atoms with Crippen molar-refractivity contribution >= 4 is 27.8 Å². The number of hydrogen-bond acceptors (Lipinski definition) is 5. The number of nitrogens with two attached hydrogens (primary N) is 1. The van der Waals surface area contributed by atoms with Crippen LogP contribution < -0.4 is 5.73 Å². The number of hydrogen-bond donors (Lipinski definition) is 1. The van der Waals surface area contributed by atoms with Crippen LogP contribution in [0, 0.1) is 6.92 Å². The lowest BCUT2D eigenvalue weighted by Gasteiger charge is -1.98. The zero-order valence-corrected chi connectivity index (χ0v) is 9.03. The molecule has 15 heavy (non-hydrogen) atoms. The summed E-state index contributed by atoms with van der Waals surface area (Å²) < 4.78 is 0. The first kappa shape index (κ1) is 9.79. The monoisotopic (exact) mass is 218 g/mol. The Kier molecular flexibility index (Phi) is 2.73. The number of nitrogen functional groups attached to an aromatic ring is 1. The Hall–Kier alpha value is -1.75. The number of anilines is 1. The van der Waals surface area contributed by atoms with Crippen LogP contribution in [-0.4, -0.2) is 4.98 Å². The largest absolute Gasteiger partial charge is 0.399 e. The fourth-order valence-corrected chi connectivity index (χ4v) is 1.61. The van der Waals surface area contributed by atoms with Crippen molar-refractivity contribution in [2.75, 3.05) is 5.73 Å². The van der Waals surface area contributed by atoms with E-state index in [0.717, 1.165) is 16.9 Å². The molecule has 0 aliphatic heterocycles. The van der Waals surface area contributed by atoms with Crippen LogP contribution in [0.3, 0.4) is 0 Å². The van der Waals surface area contributed by atoms with E-state index in [9.17, 15) is 0 Å². The summed E-state index contributed by atoms with van der Waals surface area (Å²) in [5.41, 5.74) is 8.20. The number of thiazole rings is 1. The highest BCUT2D eigenvalue weighted by Gasteiger charge is 1.97. The van der Waals surface area contributed by atoms with E-state index in [2.05, 4.69) is 15.2 Å². The van der Waals surface area contributed by atoms with Crippen LogP contribution in [0.5, 0.6) is 0 Å². The van der Waals surface area contributed by atoms with E-state index in [0.29, 0.717) is 5.13 Å². The SMILES string of the molecule is Cc1cc(N)ccc1/N=N/c1nccs1. The van der Waals surface area contributed by atoms with Crippen molar-refractivity contribution < 1.29 is 0 Å². The molecule has 0 amide bonds. The van der Waals surface area contributed by atoms with E-state index in [1.54, 1.807) is 6.20 Å².